The van der Waals surface area contributed by atoms with E-state index in [0.717, 1.165) is 70.6 Å². The van der Waals surface area contributed by atoms with Gasteiger partial charge in [0, 0.05) is 6.42 Å². The molecule has 14 heteroatoms. The van der Waals surface area contributed by atoms with Crippen LogP contribution in [0.5, 0.6) is 0 Å². The fraction of sp³-hybridized carbons (Fsp3) is 0.789. The van der Waals surface area contributed by atoms with Crippen LogP contribution in [-0.4, -0.2) is 140 Å². The molecular formula is C71H125NO13. The highest BCUT2D eigenvalue weighted by atomic mass is 16.7. The predicted octanol–water partition coefficient (Wildman–Crippen LogP) is 13.6. The lowest BCUT2D eigenvalue weighted by atomic mass is 9.97. The summed E-state index contributed by atoms with van der Waals surface area (Å²) in [5.41, 5.74) is 0. The SMILES string of the molecule is CC/C=C\C/C=C\C/C=C\C/C=C\C/C=C\CCCCCCCCCCCCCCCC(=O)NC(COC1OC(CO)C(OC2OC(CO)C(O)C(O)C2O)C(O)C1O)C(O)/C=C/CC/C=C/CCCCCCCCCCCCCCCCCC. The van der Waals surface area contributed by atoms with Crippen LogP contribution < -0.4 is 5.32 Å². The molecule has 0 saturated carbocycles. The van der Waals surface area contributed by atoms with E-state index < -0.39 is 86.8 Å². The van der Waals surface area contributed by atoms with Crippen molar-refractivity contribution in [3.8, 4) is 0 Å². The molecule has 12 unspecified atom stereocenters. The van der Waals surface area contributed by atoms with Crippen LogP contribution in [0, 0.1) is 0 Å². The van der Waals surface area contributed by atoms with Gasteiger partial charge < -0.3 is 65.1 Å². The van der Waals surface area contributed by atoms with Crippen LogP contribution in [0.2, 0.25) is 0 Å². The first-order valence-corrected chi connectivity index (χ1v) is 34.3. The third kappa shape index (κ3) is 39.7. The second kappa shape index (κ2) is 55.3. The highest BCUT2D eigenvalue weighted by Crippen LogP contribution is 2.30. The molecule has 2 heterocycles. The Hall–Kier alpha value is -2.83. The molecule has 2 rings (SSSR count). The molecule has 0 radical (unpaired) electrons. The van der Waals surface area contributed by atoms with E-state index in [0.29, 0.717) is 12.8 Å². The van der Waals surface area contributed by atoms with Gasteiger partial charge in [-0.2, -0.15) is 0 Å². The Labute approximate surface area is 516 Å². The van der Waals surface area contributed by atoms with E-state index >= 15 is 0 Å². The minimum Gasteiger partial charge on any atom is -0.394 e. The van der Waals surface area contributed by atoms with Gasteiger partial charge in [-0.25, -0.2) is 0 Å². The Balaban J connectivity index is 1.70. The second-order valence-electron chi connectivity index (χ2n) is 23.9. The minimum absolute atomic E-state index is 0.251. The van der Waals surface area contributed by atoms with Crippen LogP contribution in [0.4, 0.5) is 0 Å². The summed E-state index contributed by atoms with van der Waals surface area (Å²) >= 11 is 0. The highest BCUT2D eigenvalue weighted by molar-refractivity contribution is 5.76. The molecule has 0 aromatic rings. The molecule has 85 heavy (non-hydrogen) atoms. The number of aliphatic hydroxyl groups is 8. The summed E-state index contributed by atoms with van der Waals surface area (Å²) in [5, 5.41) is 87.4. The molecule has 0 spiro atoms. The molecule has 0 aromatic carbocycles. The Morgan fingerprint density at radius 3 is 1.29 bits per heavy atom. The minimum atomic E-state index is -1.79. The van der Waals surface area contributed by atoms with Crippen LogP contribution in [-0.2, 0) is 23.7 Å². The number of unbranched alkanes of at least 4 members (excludes halogenated alkanes) is 30. The number of aliphatic hydroxyl groups excluding tert-OH is 8. The van der Waals surface area contributed by atoms with Gasteiger partial charge in [0.2, 0.25) is 5.91 Å². The van der Waals surface area contributed by atoms with Crippen LogP contribution in [0.25, 0.3) is 0 Å². The first-order valence-electron chi connectivity index (χ1n) is 34.3. The van der Waals surface area contributed by atoms with Crippen LogP contribution in [0.1, 0.15) is 264 Å². The molecule has 12 atom stereocenters. The van der Waals surface area contributed by atoms with Crippen molar-refractivity contribution in [2.75, 3.05) is 19.8 Å². The number of carbonyl (C=O) groups is 1. The Bertz CT molecular complexity index is 1750. The van der Waals surface area contributed by atoms with Gasteiger partial charge in [0.15, 0.2) is 12.6 Å². The number of nitrogens with one attached hydrogen (secondary N) is 1. The van der Waals surface area contributed by atoms with Crippen molar-refractivity contribution in [3.63, 3.8) is 0 Å². The zero-order chi connectivity index (χ0) is 61.6. The van der Waals surface area contributed by atoms with E-state index in [-0.39, 0.29) is 18.9 Å². The molecule has 2 aliphatic rings. The summed E-state index contributed by atoms with van der Waals surface area (Å²) in [6.45, 7) is 2.69. The van der Waals surface area contributed by atoms with Crippen molar-refractivity contribution in [2.45, 2.75) is 338 Å². The molecule has 0 bridgehead atoms. The third-order valence-electron chi connectivity index (χ3n) is 16.3. The highest BCUT2D eigenvalue weighted by Gasteiger charge is 2.51. The average Bonchev–Trinajstić information content (AvgIpc) is 3.69. The summed E-state index contributed by atoms with van der Waals surface area (Å²) < 4.78 is 22.8. The normalized spacial score (nSPS) is 24.1. The molecule has 9 N–H and O–H groups in total. The van der Waals surface area contributed by atoms with Crippen molar-refractivity contribution in [1.29, 1.82) is 0 Å². The van der Waals surface area contributed by atoms with Crippen molar-refractivity contribution >= 4 is 5.91 Å². The van der Waals surface area contributed by atoms with Gasteiger partial charge >= 0.3 is 0 Å². The number of allylic oxidation sites excluding steroid dienone is 13. The van der Waals surface area contributed by atoms with E-state index in [1.165, 1.54) is 161 Å². The summed E-state index contributed by atoms with van der Waals surface area (Å²) in [5.74, 6) is -0.251. The number of ether oxygens (including phenoxy) is 4. The van der Waals surface area contributed by atoms with Gasteiger partial charge in [0.25, 0.3) is 0 Å². The van der Waals surface area contributed by atoms with Gasteiger partial charge in [-0.15, -0.1) is 0 Å². The van der Waals surface area contributed by atoms with Crippen molar-refractivity contribution < 1.29 is 64.6 Å². The largest absolute Gasteiger partial charge is 0.394 e. The monoisotopic (exact) mass is 1200 g/mol. The predicted molar refractivity (Wildman–Crippen MR) is 346 cm³/mol. The molecular weight excluding hydrogens is 1070 g/mol. The quantitative estimate of drug-likeness (QED) is 0.0204. The Morgan fingerprint density at radius 2 is 0.824 bits per heavy atom. The van der Waals surface area contributed by atoms with E-state index in [1.54, 1.807) is 6.08 Å². The van der Waals surface area contributed by atoms with Crippen molar-refractivity contribution in [1.82, 2.24) is 5.32 Å². The first kappa shape index (κ1) is 78.3. The fourth-order valence-corrected chi connectivity index (χ4v) is 10.9. The van der Waals surface area contributed by atoms with E-state index in [1.807, 2.05) is 6.08 Å². The summed E-state index contributed by atoms with van der Waals surface area (Å²) in [6.07, 6.45) is 59.1. The average molecular weight is 1200 g/mol. The molecule has 2 saturated heterocycles. The smallest absolute Gasteiger partial charge is 0.220 e. The summed E-state index contributed by atoms with van der Waals surface area (Å²) in [4.78, 5) is 13.3. The standard InChI is InChI=1S/C71H125NO13/c1-3-5-7-9-11-13-15-17-19-21-23-25-27-28-29-30-31-32-33-35-37-39-41-43-45-47-49-51-53-55-63(76)72-59(58-82-70-68(81)66(79)69(62(57-74)84-70)85-71-67(80)65(78)64(77)61(56-73)83-71)60(75)54-52-50-48-46-44-42-40-38-36-34-26-24-22-20-18-16-14-12-10-8-6-4-2/h5,7,11,13,17,19,23,25,28-29,44,46,52,54,59-62,64-71,73-75,77-81H,3-4,6,8-10,12,14-16,18,20-22,24,26-27,30-43,45,47-51,53,55-58H2,1-2H3,(H,72,76)/b7-5-,13-11-,19-17-,25-23-,29-28-,46-44+,54-52+. The number of rotatable bonds is 55. The van der Waals surface area contributed by atoms with E-state index in [4.69, 9.17) is 18.9 Å². The lowest BCUT2D eigenvalue weighted by Gasteiger charge is -2.46. The van der Waals surface area contributed by atoms with E-state index in [2.05, 4.69) is 92.1 Å². The fourth-order valence-electron chi connectivity index (χ4n) is 10.9. The molecule has 492 valence electrons. The van der Waals surface area contributed by atoms with Gasteiger partial charge in [-0.05, 0) is 77.0 Å². The third-order valence-corrected chi connectivity index (χ3v) is 16.3. The van der Waals surface area contributed by atoms with Crippen molar-refractivity contribution in [3.05, 3.63) is 85.1 Å². The molecule has 0 aromatic heterocycles. The van der Waals surface area contributed by atoms with E-state index in [9.17, 15) is 45.6 Å². The van der Waals surface area contributed by atoms with Crippen LogP contribution >= 0.6 is 0 Å². The van der Waals surface area contributed by atoms with Gasteiger partial charge in [-0.3, -0.25) is 4.79 Å². The lowest BCUT2D eigenvalue weighted by Crippen LogP contribution is -2.65. The van der Waals surface area contributed by atoms with Gasteiger partial charge in [0.1, 0.15) is 48.8 Å². The van der Waals surface area contributed by atoms with Crippen LogP contribution in [0.15, 0.2) is 85.1 Å². The van der Waals surface area contributed by atoms with Crippen LogP contribution in [0.3, 0.4) is 0 Å². The zero-order valence-corrected chi connectivity index (χ0v) is 53.3. The number of carbonyl (C=O) groups excluding carboxylic acids is 1. The summed E-state index contributed by atoms with van der Waals surface area (Å²) in [6, 6.07) is -0.938. The molecule has 1 amide bonds. The maximum atomic E-state index is 13.3. The number of amides is 1. The molecule has 0 aliphatic carbocycles. The molecule has 2 aliphatic heterocycles. The lowest BCUT2D eigenvalue weighted by molar-refractivity contribution is -0.359. The Kier molecular flexibility index (Phi) is 50.9. The molecule has 14 nitrogen and oxygen atoms in total. The topological polar surface area (TPSA) is 228 Å². The maximum Gasteiger partial charge on any atom is 0.220 e. The molecule has 2 fully saturated rings. The van der Waals surface area contributed by atoms with Gasteiger partial charge in [-0.1, -0.05) is 266 Å². The van der Waals surface area contributed by atoms with Gasteiger partial charge in [0.05, 0.1) is 32.0 Å². The number of hydrogen-bond acceptors (Lipinski definition) is 13. The first-order chi connectivity index (χ1) is 41.6. The Morgan fingerprint density at radius 1 is 0.435 bits per heavy atom. The maximum absolute atomic E-state index is 13.3. The van der Waals surface area contributed by atoms with Crippen molar-refractivity contribution in [2.24, 2.45) is 0 Å². The zero-order valence-electron chi connectivity index (χ0n) is 53.3. The number of hydrogen-bond donors (Lipinski definition) is 9. The summed E-state index contributed by atoms with van der Waals surface area (Å²) in [7, 11) is 0. The second-order valence-corrected chi connectivity index (χ2v) is 23.9.